The fourth-order valence-electron chi connectivity index (χ4n) is 9.20. The van der Waals surface area contributed by atoms with E-state index in [1.807, 2.05) is 0 Å². The number of nitrogens with zero attached hydrogens (tertiary/aromatic N) is 1. The number of nitrogens with two attached hydrogens (primary N) is 1. The van der Waals surface area contributed by atoms with E-state index >= 15 is 0 Å². The van der Waals surface area contributed by atoms with Crippen molar-refractivity contribution in [2.45, 2.75) is 97.5 Å². The van der Waals surface area contributed by atoms with Crippen LogP contribution in [0.3, 0.4) is 0 Å². The van der Waals surface area contributed by atoms with Gasteiger partial charge in [-0.25, -0.2) is 4.79 Å². The molecule has 8 atom stereocenters. The van der Waals surface area contributed by atoms with Crippen molar-refractivity contribution < 1.29 is 19.4 Å². The minimum absolute atomic E-state index is 0.0343. The second-order valence-corrected chi connectivity index (χ2v) is 12.3. The predicted molar refractivity (Wildman–Crippen MR) is 129 cm³/mol. The third-order valence-corrected chi connectivity index (χ3v) is 11.2. The highest BCUT2D eigenvalue weighted by Crippen LogP contribution is 2.68. The van der Waals surface area contributed by atoms with Gasteiger partial charge in [0.25, 0.3) is 0 Å². The second-order valence-electron chi connectivity index (χ2n) is 12.3. The molecule has 0 heterocycles. The molecule has 33 heavy (non-hydrogen) atoms. The van der Waals surface area contributed by atoms with Gasteiger partial charge in [0.05, 0.1) is 5.92 Å². The molecule has 0 aromatic carbocycles. The first-order valence-electron chi connectivity index (χ1n) is 13.5. The number of hydrogen-bond acceptors (Lipinski definition) is 4. The second kappa shape index (κ2) is 9.05. The summed E-state index contributed by atoms with van der Waals surface area (Å²) in [5.41, 5.74) is 5.36. The first-order chi connectivity index (χ1) is 15.6. The highest BCUT2D eigenvalue weighted by Gasteiger charge is 2.62. The average molecular weight is 463 g/mol. The Morgan fingerprint density at radius 2 is 1.67 bits per heavy atom. The van der Waals surface area contributed by atoms with E-state index in [0.29, 0.717) is 23.7 Å². The molecule has 4 aliphatic rings. The van der Waals surface area contributed by atoms with Gasteiger partial charge in [-0.3, -0.25) is 4.79 Å². The van der Waals surface area contributed by atoms with Gasteiger partial charge >= 0.3 is 12.1 Å². The molecule has 188 valence electrons. The van der Waals surface area contributed by atoms with E-state index < -0.39 is 17.7 Å². The van der Waals surface area contributed by atoms with Crippen LogP contribution in [0.25, 0.3) is 0 Å². The van der Waals surface area contributed by atoms with Crippen LogP contribution in [0.4, 0.5) is 4.79 Å². The largest absolute Gasteiger partial charge is 0.481 e. The topological polar surface area (TPSA) is 92.9 Å². The van der Waals surface area contributed by atoms with Crippen LogP contribution in [-0.4, -0.2) is 47.3 Å². The molecule has 0 aliphatic heterocycles. The Hall–Kier alpha value is -1.30. The number of amides is 1. The molecule has 4 saturated carbocycles. The molecule has 1 amide bonds. The van der Waals surface area contributed by atoms with Gasteiger partial charge in [-0.2, -0.15) is 0 Å². The molecule has 0 radical (unpaired) electrons. The van der Waals surface area contributed by atoms with E-state index in [1.54, 1.807) is 0 Å². The molecule has 6 nitrogen and oxygen atoms in total. The third kappa shape index (κ3) is 4.19. The van der Waals surface area contributed by atoms with E-state index in [1.165, 1.54) is 6.42 Å². The van der Waals surface area contributed by atoms with Gasteiger partial charge < -0.3 is 20.5 Å². The van der Waals surface area contributed by atoms with Crippen molar-refractivity contribution >= 4 is 12.1 Å². The summed E-state index contributed by atoms with van der Waals surface area (Å²) in [5.74, 6) is 1.65. The summed E-state index contributed by atoms with van der Waals surface area (Å²) in [6.45, 7) is 12.1. The molecular weight excluding hydrogens is 416 g/mol. The maximum Gasteiger partial charge on any atom is 0.405 e. The Labute approximate surface area is 200 Å². The van der Waals surface area contributed by atoms with Gasteiger partial charge in [-0.05, 0) is 105 Å². The van der Waals surface area contributed by atoms with E-state index in [2.05, 4.69) is 32.6 Å². The monoisotopic (exact) mass is 462 g/mol. The van der Waals surface area contributed by atoms with Crippen LogP contribution in [0.5, 0.6) is 0 Å². The van der Waals surface area contributed by atoms with Crippen LogP contribution in [0, 0.1) is 40.4 Å². The van der Waals surface area contributed by atoms with Crippen LogP contribution in [0.1, 0.15) is 91.9 Å². The first-order valence-corrected chi connectivity index (χ1v) is 13.5. The highest BCUT2D eigenvalue weighted by atomic mass is 16.6. The normalized spacial score (nSPS) is 44.6. The molecule has 3 unspecified atom stereocenters. The number of carboxylic acid groups (broad SMARTS) is 1. The van der Waals surface area contributed by atoms with E-state index in [4.69, 9.17) is 10.5 Å². The van der Waals surface area contributed by atoms with Crippen LogP contribution in [-0.2, 0) is 9.53 Å². The number of carbonyl (C=O) groups is 2. The van der Waals surface area contributed by atoms with Gasteiger partial charge in [-0.1, -0.05) is 27.7 Å². The fraction of sp³-hybridized carbons (Fsp3) is 0.926. The summed E-state index contributed by atoms with van der Waals surface area (Å²) in [7, 11) is 0. The highest BCUT2D eigenvalue weighted by molar-refractivity contribution is 5.71. The lowest BCUT2D eigenvalue weighted by atomic mass is 9.43. The molecule has 0 aromatic rings. The standard InChI is InChI=1S/C27H46N2O4/c1-5-29(6-2)16-15-27(33-24(28)32)14-13-25(3)18(17-27)7-8-19-20-9-10-22(23(30)31)26(20,4)12-11-21(19)25/h18-22H,5-17H2,1-4H3,(H2,28,32)(H,30,31)/t18?,19-,20-,21-,22?,25-,26-,27?/m0/s1. The number of rotatable bonds is 7. The Morgan fingerprint density at radius 1 is 0.970 bits per heavy atom. The van der Waals surface area contributed by atoms with E-state index in [9.17, 15) is 14.7 Å². The Bertz CT molecular complexity index is 754. The number of aliphatic carboxylic acids is 1. The fourth-order valence-corrected chi connectivity index (χ4v) is 9.20. The van der Waals surface area contributed by atoms with Gasteiger partial charge in [0.15, 0.2) is 0 Å². The number of primary amides is 1. The first kappa shape index (κ1) is 24.8. The quantitative estimate of drug-likeness (QED) is 0.536. The van der Waals surface area contributed by atoms with Crippen molar-refractivity contribution in [2.75, 3.05) is 19.6 Å². The number of carbonyl (C=O) groups excluding carboxylic acids is 1. The van der Waals surface area contributed by atoms with Gasteiger partial charge in [0.2, 0.25) is 0 Å². The summed E-state index contributed by atoms with van der Waals surface area (Å²) in [4.78, 5) is 26.3. The predicted octanol–water partition coefficient (Wildman–Crippen LogP) is 5.30. The zero-order chi connectivity index (χ0) is 24.0. The molecule has 6 heteroatoms. The summed E-state index contributed by atoms with van der Waals surface area (Å²) >= 11 is 0. The number of hydrogen-bond donors (Lipinski definition) is 2. The third-order valence-electron chi connectivity index (χ3n) is 11.2. The number of ether oxygens (including phenoxy) is 1. The molecule has 0 spiro atoms. The number of fused-ring (bicyclic) bond motifs is 5. The van der Waals surface area contributed by atoms with Gasteiger partial charge in [0, 0.05) is 13.0 Å². The molecule has 4 rings (SSSR count). The van der Waals surface area contributed by atoms with Gasteiger partial charge in [0.1, 0.15) is 5.60 Å². The van der Waals surface area contributed by atoms with Crippen LogP contribution in [0.2, 0.25) is 0 Å². The lowest BCUT2D eigenvalue weighted by Crippen LogP contribution is -2.57. The molecule has 0 bridgehead atoms. The Balaban J connectivity index is 1.52. The van der Waals surface area contributed by atoms with E-state index in [-0.39, 0.29) is 16.7 Å². The zero-order valence-corrected chi connectivity index (χ0v) is 21.3. The molecule has 3 N–H and O–H groups in total. The summed E-state index contributed by atoms with van der Waals surface area (Å²) in [6, 6.07) is 0. The molecule has 4 aliphatic carbocycles. The Kier molecular flexibility index (Phi) is 6.81. The van der Waals surface area contributed by atoms with E-state index in [0.717, 1.165) is 77.4 Å². The van der Waals surface area contributed by atoms with Gasteiger partial charge in [-0.15, -0.1) is 0 Å². The maximum atomic E-state index is 12.0. The maximum absolute atomic E-state index is 12.0. The summed E-state index contributed by atoms with van der Waals surface area (Å²) in [5, 5.41) is 9.85. The number of carboxylic acids is 1. The molecule has 4 fully saturated rings. The van der Waals surface area contributed by atoms with Crippen LogP contribution >= 0.6 is 0 Å². The molecular formula is C27H46N2O4. The van der Waals surface area contributed by atoms with Crippen molar-refractivity contribution in [2.24, 2.45) is 46.2 Å². The minimum Gasteiger partial charge on any atom is -0.481 e. The average Bonchev–Trinajstić information content (AvgIpc) is 3.12. The SMILES string of the molecule is CCN(CC)CCC1(OC(N)=O)CC[C@@]2(C)C(CC[C@@H]3[C@@H]2CC[C@]2(C)C(C(=O)O)CC[C@@H]32)C1. The van der Waals surface area contributed by atoms with Crippen molar-refractivity contribution in [3.8, 4) is 0 Å². The van der Waals surface area contributed by atoms with Crippen LogP contribution < -0.4 is 5.73 Å². The lowest BCUT2D eigenvalue weighted by molar-refractivity contribution is -0.162. The molecule has 0 aromatic heterocycles. The molecule has 0 saturated heterocycles. The smallest absolute Gasteiger partial charge is 0.405 e. The van der Waals surface area contributed by atoms with Crippen LogP contribution in [0.15, 0.2) is 0 Å². The van der Waals surface area contributed by atoms with Crippen molar-refractivity contribution in [1.29, 1.82) is 0 Å². The minimum atomic E-state index is -0.633. The zero-order valence-electron chi connectivity index (χ0n) is 21.3. The Morgan fingerprint density at radius 3 is 2.30 bits per heavy atom. The summed E-state index contributed by atoms with van der Waals surface area (Å²) in [6.07, 6.45) is 9.61. The van der Waals surface area contributed by atoms with Crippen molar-refractivity contribution in [1.82, 2.24) is 4.90 Å². The van der Waals surface area contributed by atoms with Crippen molar-refractivity contribution in [3.05, 3.63) is 0 Å². The lowest BCUT2D eigenvalue weighted by Gasteiger charge is -2.62. The van der Waals surface area contributed by atoms with Crippen molar-refractivity contribution in [3.63, 3.8) is 0 Å². The summed E-state index contributed by atoms with van der Waals surface area (Å²) < 4.78 is 5.92.